The standard InChI is InChI=1S/C17H13F2N3OS/c1-10-20-14-5-3-2-4-12(14)17(21-10)24-9-16(23)22-15-7-6-11(18)8-13(15)19/h2-8H,9H2,1H3,(H,22,23). The Kier molecular flexibility index (Phi) is 4.71. The lowest BCUT2D eigenvalue weighted by atomic mass is 10.2. The van der Waals surface area contributed by atoms with Gasteiger partial charge in [0.1, 0.15) is 22.5 Å². The summed E-state index contributed by atoms with van der Waals surface area (Å²) in [5.41, 5.74) is 0.753. The molecule has 122 valence electrons. The summed E-state index contributed by atoms with van der Waals surface area (Å²) in [5, 5.41) is 3.97. The highest BCUT2D eigenvalue weighted by Gasteiger charge is 2.11. The molecule has 1 heterocycles. The number of nitrogens with one attached hydrogen (secondary N) is 1. The topological polar surface area (TPSA) is 54.9 Å². The second-order valence-corrected chi connectivity index (χ2v) is 6.02. The molecular weight excluding hydrogens is 332 g/mol. The van der Waals surface area contributed by atoms with Gasteiger partial charge >= 0.3 is 0 Å². The Hall–Kier alpha value is -2.54. The van der Waals surface area contributed by atoms with Gasteiger partial charge in [-0.3, -0.25) is 4.79 Å². The van der Waals surface area contributed by atoms with Crippen molar-refractivity contribution in [3.63, 3.8) is 0 Å². The maximum atomic E-state index is 13.6. The number of thioether (sulfide) groups is 1. The second kappa shape index (κ2) is 6.92. The number of carbonyl (C=O) groups is 1. The molecule has 2 aromatic carbocycles. The average molecular weight is 345 g/mol. The van der Waals surface area contributed by atoms with Gasteiger partial charge in [-0.15, -0.1) is 0 Å². The van der Waals surface area contributed by atoms with Crippen molar-refractivity contribution in [3.8, 4) is 0 Å². The first-order chi connectivity index (χ1) is 11.5. The van der Waals surface area contributed by atoms with E-state index in [1.807, 2.05) is 24.3 Å². The molecule has 4 nitrogen and oxygen atoms in total. The van der Waals surface area contributed by atoms with Crippen LogP contribution in [0.15, 0.2) is 47.5 Å². The molecule has 0 aliphatic carbocycles. The van der Waals surface area contributed by atoms with Crippen LogP contribution < -0.4 is 5.32 Å². The molecule has 1 N–H and O–H groups in total. The quantitative estimate of drug-likeness (QED) is 0.575. The van der Waals surface area contributed by atoms with Crippen LogP contribution in [0.1, 0.15) is 5.82 Å². The number of para-hydroxylation sites is 1. The molecule has 0 fully saturated rings. The number of carbonyl (C=O) groups excluding carboxylic acids is 1. The Morgan fingerprint density at radius 1 is 1.17 bits per heavy atom. The van der Waals surface area contributed by atoms with Crippen molar-refractivity contribution in [1.29, 1.82) is 0 Å². The van der Waals surface area contributed by atoms with E-state index in [4.69, 9.17) is 0 Å². The van der Waals surface area contributed by atoms with Gasteiger partial charge in [-0.2, -0.15) is 0 Å². The lowest BCUT2D eigenvalue weighted by Crippen LogP contribution is -2.15. The van der Waals surface area contributed by atoms with Crippen LogP contribution in [0.2, 0.25) is 0 Å². The highest BCUT2D eigenvalue weighted by atomic mass is 32.2. The van der Waals surface area contributed by atoms with Gasteiger partial charge in [-0.1, -0.05) is 30.0 Å². The summed E-state index contributed by atoms with van der Waals surface area (Å²) >= 11 is 1.24. The molecule has 0 saturated carbocycles. The number of hydrogen-bond donors (Lipinski definition) is 1. The average Bonchev–Trinajstić information content (AvgIpc) is 2.55. The van der Waals surface area contributed by atoms with E-state index in [1.54, 1.807) is 6.92 Å². The Balaban J connectivity index is 1.73. The van der Waals surface area contributed by atoms with E-state index in [9.17, 15) is 13.6 Å². The van der Waals surface area contributed by atoms with Crippen molar-refractivity contribution in [3.05, 3.63) is 59.9 Å². The van der Waals surface area contributed by atoms with Crippen LogP contribution in [-0.4, -0.2) is 21.6 Å². The first-order valence-electron chi connectivity index (χ1n) is 7.14. The van der Waals surface area contributed by atoms with Crippen molar-refractivity contribution >= 4 is 34.3 Å². The van der Waals surface area contributed by atoms with Crippen LogP contribution in [0.25, 0.3) is 10.9 Å². The largest absolute Gasteiger partial charge is 0.323 e. The molecule has 0 bridgehead atoms. The molecule has 0 saturated heterocycles. The van der Waals surface area contributed by atoms with Crippen molar-refractivity contribution in [2.24, 2.45) is 0 Å². The number of amides is 1. The highest BCUT2D eigenvalue weighted by molar-refractivity contribution is 8.00. The molecule has 0 aliphatic heterocycles. The molecule has 7 heteroatoms. The summed E-state index contributed by atoms with van der Waals surface area (Å²) in [4.78, 5) is 20.7. The van der Waals surface area contributed by atoms with Crippen LogP contribution in [0.4, 0.5) is 14.5 Å². The second-order valence-electron chi connectivity index (χ2n) is 5.05. The van der Waals surface area contributed by atoms with Gasteiger partial charge in [0.05, 0.1) is 17.0 Å². The first-order valence-corrected chi connectivity index (χ1v) is 8.12. The van der Waals surface area contributed by atoms with Crippen molar-refractivity contribution < 1.29 is 13.6 Å². The van der Waals surface area contributed by atoms with Gasteiger partial charge in [0.15, 0.2) is 0 Å². The minimum absolute atomic E-state index is 0.0503. The SMILES string of the molecule is Cc1nc(SCC(=O)Nc2ccc(F)cc2F)c2ccccc2n1. The molecule has 24 heavy (non-hydrogen) atoms. The Morgan fingerprint density at radius 2 is 1.96 bits per heavy atom. The summed E-state index contributed by atoms with van der Waals surface area (Å²) < 4.78 is 26.4. The summed E-state index contributed by atoms with van der Waals surface area (Å²) in [6.45, 7) is 1.78. The Labute approximate surface area is 141 Å². The molecule has 1 amide bonds. The van der Waals surface area contributed by atoms with Crippen molar-refractivity contribution in [2.75, 3.05) is 11.1 Å². The molecule has 0 spiro atoms. The number of rotatable bonds is 4. The molecule has 0 radical (unpaired) electrons. The molecule has 0 atom stereocenters. The van der Waals surface area contributed by atoms with Gasteiger partial charge < -0.3 is 5.32 Å². The Bertz CT molecular complexity index is 917. The van der Waals surface area contributed by atoms with Gasteiger partial charge in [0, 0.05) is 11.5 Å². The molecule has 3 rings (SSSR count). The zero-order valence-electron chi connectivity index (χ0n) is 12.7. The third-order valence-corrected chi connectivity index (χ3v) is 4.22. The third kappa shape index (κ3) is 3.68. The number of anilines is 1. The van der Waals surface area contributed by atoms with E-state index >= 15 is 0 Å². The smallest absolute Gasteiger partial charge is 0.234 e. The molecule has 0 unspecified atom stereocenters. The summed E-state index contributed by atoms with van der Waals surface area (Å²) in [5.74, 6) is -1.23. The minimum atomic E-state index is -0.809. The number of nitrogens with zero attached hydrogens (tertiary/aromatic N) is 2. The van der Waals surface area contributed by atoms with Gasteiger partial charge in [0.25, 0.3) is 0 Å². The molecule has 1 aromatic heterocycles. The van der Waals surface area contributed by atoms with Crippen molar-refractivity contribution in [1.82, 2.24) is 9.97 Å². The fourth-order valence-electron chi connectivity index (χ4n) is 2.18. The number of hydrogen-bond acceptors (Lipinski definition) is 4. The molecule has 0 aliphatic rings. The van der Waals surface area contributed by atoms with Gasteiger partial charge in [-0.25, -0.2) is 18.7 Å². The maximum absolute atomic E-state index is 13.6. The predicted octanol–water partition coefficient (Wildman–Crippen LogP) is 3.95. The zero-order valence-corrected chi connectivity index (χ0v) is 13.5. The summed E-state index contributed by atoms with van der Waals surface area (Å²) in [6, 6.07) is 10.5. The number of benzene rings is 2. The van der Waals surface area contributed by atoms with E-state index in [0.717, 1.165) is 23.0 Å². The van der Waals surface area contributed by atoms with Gasteiger partial charge in [0.2, 0.25) is 5.91 Å². The van der Waals surface area contributed by atoms with Crippen LogP contribution in [-0.2, 0) is 4.79 Å². The fourth-order valence-corrected chi connectivity index (χ4v) is 3.04. The monoisotopic (exact) mass is 345 g/mol. The predicted molar refractivity (Wildman–Crippen MR) is 90.0 cm³/mol. The summed E-state index contributed by atoms with van der Waals surface area (Å²) in [6.07, 6.45) is 0. The Morgan fingerprint density at radius 3 is 2.75 bits per heavy atom. The van der Waals surface area contributed by atoms with E-state index < -0.39 is 17.5 Å². The van der Waals surface area contributed by atoms with Crippen LogP contribution in [0.5, 0.6) is 0 Å². The lowest BCUT2D eigenvalue weighted by molar-refractivity contribution is -0.113. The van der Waals surface area contributed by atoms with Crippen LogP contribution >= 0.6 is 11.8 Å². The first kappa shape index (κ1) is 16.3. The summed E-state index contributed by atoms with van der Waals surface area (Å²) in [7, 11) is 0. The van der Waals surface area contributed by atoms with Crippen LogP contribution in [0, 0.1) is 18.6 Å². The lowest BCUT2D eigenvalue weighted by Gasteiger charge is -2.08. The fraction of sp³-hybridized carbons (Fsp3) is 0.118. The van der Waals surface area contributed by atoms with Crippen molar-refractivity contribution in [2.45, 2.75) is 11.9 Å². The minimum Gasteiger partial charge on any atom is -0.323 e. The maximum Gasteiger partial charge on any atom is 0.234 e. The molecular formula is C17H13F2N3OS. The van der Waals surface area contributed by atoms with Crippen LogP contribution in [0.3, 0.4) is 0 Å². The number of fused-ring (bicyclic) bond motifs is 1. The zero-order chi connectivity index (χ0) is 17.1. The number of halogens is 2. The van der Waals surface area contributed by atoms with E-state index in [1.165, 1.54) is 17.8 Å². The highest BCUT2D eigenvalue weighted by Crippen LogP contribution is 2.25. The number of aromatic nitrogens is 2. The van der Waals surface area contributed by atoms with E-state index in [2.05, 4.69) is 15.3 Å². The number of aryl methyl sites for hydroxylation is 1. The van der Waals surface area contributed by atoms with E-state index in [-0.39, 0.29) is 11.4 Å². The van der Waals surface area contributed by atoms with E-state index in [0.29, 0.717) is 10.9 Å². The molecule has 3 aromatic rings. The normalized spacial score (nSPS) is 10.8. The van der Waals surface area contributed by atoms with Gasteiger partial charge in [-0.05, 0) is 25.1 Å². The third-order valence-electron chi connectivity index (χ3n) is 3.23.